The number of rotatable bonds is 3. The number of benzene rings is 2. The largest absolute Gasteiger partial charge is 0.505 e. The van der Waals surface area contributed by atoms with E-state index in [-0.39, 0.29) is 17.2 Å². The second-order valence-corrected chi connectivity index (χ2v) is 7.54. The van der Waals surface area contributed by atoms with E-state index in [0.717, 1.165) is 36.8 Å². The molecule has 5 heteroatoms. The van der Waals surface area contributed by atoms with Crippen molar-refractivity contribution in [3.05, 3.63) is 69.4 Å². The molecule has 0 radical (unpaired) electrons. The zero-order valence-electron chi connectivity index (χ0n) is 15.0. The van der Waals surface area contributed by atoms with Crippen LogP contribution < -0.4 is 0 Å². The van der Waals surface area contributed by atoms with Crippen molar-refractivity contribution in [2.24, 2.45) is 0 Å². The van der Waals surface area contributed by atoms with Gasteiger partial charge in [-0.15, -0.1) is 0 Å². The molecule has 2 N–H and O–H groups in total. The number of aromatic carboxylic acids is 1. The van der Waals surface area contributed by atoms with E-state index in [4.69, 9.17) is 16.6 Å². The van der Waals surface area contributed by atoms with Crippen molar-refractivity contribution in [1.82, 2.24) is 4.98 Å². The molecule has 4 rings (SSSR count). The molecule has 0 aliphatic heterocycles. The molecule has 138 valence electrons. The van der Waals surface area contributed by atoms with E-state index < -0.39 is 5.97 Å². The van der Waals surface area contributed by atoms with E-state index in [0.29, 0.717) is 21.6 Å². The number of fused-ring (bicyclic) bond motifs is 3. The normalized spacial score (nSPS) is 14.7. The van der Waals surface area contributed by atoms with Gasteiger partial charge in [-0.1, -0.05) is 42.8 Å². The first-order valence-electron chi connectivity index (χ1n) is 9.13. The zero-order valence-corrected chi connectivity index (χ0v) is 15.8. The molecule has 1 aromatic heterocycles. The van der Waals surface area contributed by atoms with Crippen LogP contribution >= 0.6 is 11.6 Å². The Morgan fingerprint density at radius 1 is 1.11 bits per heavy atom. The Hall–Kier alpha value is -2.59. The number of hydrogen-bond donors (Lipinski definition) is 2. The molecule has 0 spiro atoms. The molecular weight excluding hydrogens is 362 g/mol. The molecule has 3 aromatic rings. The van der Waals surface area contributed by atoms with Crippen molar-refractivity contribution in [1.29, 1.82) is 0 Å². The van der Waals surface area contributed by atoms with Crippen LogP contribution in [-0.4, -0.2) is 21.2 Å². The molecule has 0 saturated heterocycles. The predicted octanol–water partition coefficient (Wildman–Crippen LogP) is 5.32. The number of halogens is 1. The van der Waals surface area contributed by atoms with Crippen LogP contribution in [0.1, 0.15) is 58.4 Å². The molecule has 0 amide bonds. The Kier molecular flexibility index (Phi) is 4.52. The van der Waals surface area contributed by atoms with Crippen LogP contribution in [0.4, 0.5) is 0 Å². The molecule has 1 aliphatic rings. The van der Waals surface area contributed by atoms with E-state index in [1.165, 1.54) is 5.56 Å². The Morgan fingerprint density at radius 3 is 2.52 bits per heavy atom. The maximum atomic E-state index is 12.0. The Balaban J connectivity index is 1.98. The van der Waals surface area contributed by atoms with Gasteiger partial charge in [0.25, 0.3) is 0 Å². The lowest BCUT2D eigenvalue weighted by Gasteiger charge is -2.21. The van der Waals surface area contributed by atoms with Gasteiger partial charge in [0.2, 0.25) is 0 Å². The molecule has 1 heterocycles. The second kappa shape index (κ2) is 6.86. The summed E-state index contributed by atoms with van der Waals surface area (Å²) in [6.45, 7) is 1.91. The Morgan fingerprint density at radius 2 is 1.81 bits per heavy atom. The van der Waals surface area contributed by atoms with Gasteiger partial charge in [-0.3, -0.25) is 0 Å². The SMILES string of the molecule is CC(c1ccc(Cl)cc1)c1nc2c3c(ccc2c(C(=O)O)c1O)CCCC3. The standard InChI is InChI=1S/C22H20ClNO3/c1-12(13-6-9-15(23)10-7-13)19-21(25)18(22(26)27)17-11-8-14-4-2-3-5-16(14)20(17)24-19/h6-12,25H,2-5H2,1H3,(H,26,27). The van der Waals surface area contributed by atoms with E-state index >= 15 is 0 Å². The lowest BCUT2D eigenvalue weighted by Crippen LogP contribution is -2.10. The molecule has 1 unspecified atom stereocenters. The van der Waals surface area contributed by atoms with Gasteiger partial charge in [0.15, 0.2) is 5.75 Å². The Bertz CT molecular complexity index is 1040. The fraction of sp³-hybridized carbons (Fsp3) is 0.273. The molecular formula is C22H20ClNO3. The minimum Gasteiger partial charge on any atom is -0.505 e. The number of aryl methyl sites for hydroxylation is 2. The first-order chi connectivity index (χ1) is 13.0. The average Bonchev–Trinajstić information content (AvgIpc) is 2.67. The monoisotopic (exact) mass is 381 g/mol. The lowest BCUT2D eigenvalue weighted by molar-refractivity contribution is 0.0695. The summed E-state index contributed by atoms with van der Waals surface area (Å²) < 4.78 is 0. The van der Waals surface area contributed by atoms with Gasteiger partial charge in [-0.25, -0.2) is 9.78 Å². The van der Waals surface area contributed by atoms with Gasteiger partial charge in [0, 0.05) is 16.3 Å². The maximum Gasteiger partial charge on any atom is 0.340 e. The molecule has 1 aliphatic carbocycles. The van der Waals surface area contributed by atoms with Crippen molar-refractivity contribution < 1.29 is 15.0 Å². The highest BCUT2D eigenvalue weighted by Crippen LogP contribution is 2.39. The van der Waals surface area contributed by atoms with E-state index in [1.807, 2.05) is 25.1 Å². The highest BCUT2D eigenvalue weighted by molar-refractivity contribution is 6.30. The highest BCUT2D eigenvalue weighted by Gasteiger charge is 2.26. The summed E-state index contributed by atoms with van der Waals surface area (Å²) >= 11 is 5.98. The maximum absolute atomic E-state index is 12.0. The molecule has 0 bridgehead atoms. The predicted molar refractivity (Wildman–Crippen MR) is 106 cm³/mol. The van der Waals surface area contributed by atoms with Gasteiger partial charge < -0.3 is 10.2 Å². The summed E-state index contributed by atoms with van der Waals surface area (Å²) in [5.74, 6) is -1.65. The number of nitrogens with zero attached hydrogens (tertiary/aromatic N) is 1. The number of hydrogen-bond acceptors (Lipinski definition) is 3. The number of carboxylic acids is 1. The molecule has 0 fully saturated rings. The third kappa shape index (κ3) is 3.04. The zero-order chi connectivity index (χ0) is 19.1. The third-order valence-electron chi connectivity index (χ3n) is 5.48. The van der Waals surface area contributed by atoms with Gasteiger partial charge in [0.1, 0.15) is 5.56 Å². The minimum absolute atomic E-state index is 0.0656. The number of aromatic nitrogens is 1. The van der Waals surface area contributed by atoms with Crippen LogP contribution in [0.15, 0.2) is 36.4 Å². The van der Waals surface area contributed by atoms with E-state index in [2.05, 4.69) is 0 Å². The van der Waals surface area contributed by atoms with E-state index in [1.54, 1.807) is 18.2 Å². The van der Waals surface area contributed by atoms with Crippen molar-refractivity contribution in [2.45, 2.75) is 38.5 Å². The van der Waals surface area contributed by atoms with Crippen LogP contribution in [0.3, 0.4) is 0 Å². The quantitative estimate of drug-likeness (QED) is 0.643. The summed E-state index contributed by atoms with van der Waals surface area (Å²) in [4.78, 5) is 16.7. The van der Waals surface area contributed by atoms with E-state index in [9.17, 15) is 15.0 Å². The third-order valence-corrected chi connectivity index (χ3v) is 5.73. The number of aromatic hydroxyl groups is 1. The lowest BCUT2D eigenvalue weighted by atomic mass is 9.87. The summed E-state index contributed by atoms with van der Waals surface area (Å²) in [5.41, 5.74) is 4.30. The fourth-order valence-corrected chi connectivity index (χ4v) is 4.12. The van der Waals surface area contributed by atoms with Crippen LogP contribution in [0.5, 0.6) is 5.75 Å². The van der Waals surface area contributed by atoms with Crippen molar-refractivity contribution >= 4 is 28.5 Å². The van der Waals surface area contributed by atoms with Crippen LogP contribution in [0, 0.1) is 0 Å². The van der Waals surface area contributed by atoms with Crippen LogP contribution in [0.2, 0.25) is 5.02 Å². The summed E-state index contributed by atoms with van der Waals surface area (Å²) in [7, 11) is 0. The molecule has 27 heavy (non-hydrogen) atoms. The average molecular weight is 382 g/mol. The highest BCUT2D eigenvalue weighted by atomic mass is 35.5. The van der Waals surface area contributed by atoms with Crippen LogP contribution in [0.25, 0.3) is 10.9 Å². The summed E-state index contributed by atoms with van der Waals surface area (Å²) in [6.07, 6.45) is 4.08. The summed E-state index contributed by atoms with van der Waals surface area (Å²) in [5, 5.41) is 21.7. The topological polar surface area (TPSA) is 70.4 Å². The molecule has 2 aromatic carbocycles. The van der Waals surface area contributed by atoms with Crippen molar-refractivity contribution in [2.75, 3.05) is 0 Å². The van der Waals surface area contributed by atoms with Gasteiger partial charge >= 0.3 is 5.97 Å². The van der Waals surface area contributed by atoms with Crippen molar-refractivity contribution in [3.8, 4) is 5.75 Å². The van der Waals surface area contributed by atoms with Crippen molar-refractivity contribution in [3.63, 3.8) is 0 Å². The second-order valence-electron chi connectivity index (χ2n) is 7.11. The minimum atomic E-state index is -1.14. The van der Waals surface area contributed by atoms with Gasteiger partial charge in [0.05, 0.1) is 11.2 Å². The molecule has 0 saturated carbocycles. The number of pyridine rings is 1. The van der Waals surface area contributed by atoms with Gasteiger partial charge in [-0.05, 0) is 54.5 Å². The fourth-order valence-electron chi connectivity index (χ4n) is 3.99. The molecule has 4 nitrogen and oxygen atoms in total. The molecule has 1 atom stereocenters. The Labute approximate surface area is 162 Å². The number of carboxylic acid groups (broad SMARTS) is 1. The van der Waals surface area contributed by atoms with Gasteiger partial charge in [-0.2, -0.15) is 0 Å². The summed E-state index contributed by atoms with van der Waals surface area (Å²) in [6, 6.07) is 11.1. The first kappa shape index (κ1) is 17.8. The number of carbonyl (C=O) groups is 1. The smallest absolute Gasteiger partial charge is 0.340 e. The first-order valence-corrected chi connectivity index (χ1v) is 9.51. The van der Waals surface area contributed by atoms with Crippen LogP contribution in [-0.2, 0) is 12.8 Å².